The average molecular weight is 277 g/mol. The Morgan fingerprint density at radius 2 is 2.22 bits per heavy atom. The van der Waals surface area contributed by atoms with E-state index in [1.165, 1.54) is 16.9 Å². The van der Waals surface area contributed by atoms with Crippen molar-refractivity contribution in [3.8, 4) is 0 Å². The van der Waals surface area contributed by atoms with Gasteiger partial charge >= 0.3 is 0 Å². The Hall–Kier alpha value is -0.840. The molecule has 0 bridgehead atoms. The van der Waals surface area contributed by atoms with Crippen LogP contribution in [0.3, 0.4) is 0 Å². The highest BCUT2D eigenvalue weighted by atomic mass is 32.2. The second-order valence-corrected chi connectivity index (χ2v) is 6.11. The molecule has 1 atom stereocenters. The SMILES string of the molecule is c1nc(CSc2ccc([C@H]3CCCO3)cc2)cs1. The molecule has 1 saturated heterocycles. The van der Waals surface area contributed by atoms with Crippen LogP contribution < -0.4 is 0 Å². The third kappa shape index (κ3) is 2.94. The molecule has 0 amide bonds. The van der Waals surface area contributed by atoms with E-state index in [0.29, 0.717) is 6.10 Å². The van der Waals surface area contributed by atoms with Gasteiger partial charge in [0.1, 0.15) is 0 Å². The average Bonchev–Trinajstić information content (AvgIpc) is 3.10. The van der Waals surface area contributed by atoms with E-state index >= 15 is 0 Å². The van der Waals surface area contributed by atoms with E-state index in [0.717, 1.165) is 24.5 Å². The molecule has 0 N–H and O–H groups in total. The maximum Gasteiger partial charge on any atom is 0.0825 e. The number of aromatic nitrogens is 1. The highest BCUT2D eigenvalue weighted by Gasteiger charge is 2.17. The van der Waals surface area contributed by atoms with E-state index in [2.05, 4.69) is 34.6 Å². The summed E-state index contributed by atoms with van der Waals surface area (Å²) in [6, 6.07) is 8.76. The van der Waals surface area contributed by atoms with E-state index in [9.17, 15) is 0 Å². The quantitative estimate of drug-likeness (QED) is 0.778. The number of thioether (sulfide) groups is 1. The second-order valence-electron chi connectivity index (χ2n) is 4.34. The van der Waals surface area contributed by atoms with Gasteiger partial charge in [-0.25, -0.2) is 4.98 Å². The van der Waals surface area contributed by atoms with Crippen LogP contribution in [0.15, 0.2) is 40.1 Å². The lowest BCUT2D eigenvalue weighted by Crippen LogP contribution is -1.94. The van der Waals surface area contributed by atoms with Gasteiger partial charge in [-0.15, -0.1) is 23.1 Å². The van der Waals surface area contributed by atoms with Crippen molar-refractivity contribution in [3.63, 3.8) is 0 Å². The van der Waals surface area contributed by atoms with Crippen molar-refractivity contribution < 1.29 is 4.74 Å². The molecule has 1 aliphatic rings. The van der Waals surface area contributed by atoms with Crippen LogP contribution in [0.1, 0.15) is 30.2 Å². The number of benzene rings is 1. The fourth-order valence-corrected chi connectivity index (χ4v) is 3.55. The first-order chi connectivity index (χ1) is 8.92. The molecule has 1 aromatic carbocycles. The van der Waals surface area contributed by atoms with Gasteiger partial charge in [0.05, 0.1) is 17.3 Å². The minimum Gasteiger partial charge on any atom is -0.374 e. The van der Waals surface area contributed by atoms with E-state index < -0.39 is 0 Å². The molecule has 2 aromatic rings. The first-order valence-electron chi connectivity index (χ1n) is 6.13. The Bertz CT molecular complexity index is 475. The molecular formula is C14H15NOS2. The van der Waals surface area contributed by atoms with E-state index in [-0.39, 0.29) is 0 Å². The van der Waals surface area contributed by atoms with Crippen LogP contribution in [0.5, 0.6) is 0 Å². The molecule has 4 heteroatoms. The van der Waals surface area contributed by atoms with Crippen molar-refractivity contribution in [2.24, 2.45) is 0 Å². The predicted octanol–water partition coefficient (Wildman–Crippen LogP) is 4.29. The molecule has 1 aliphatic heterocycles. The topological polar surface area (TPSA) is 22.1 Å². The van der Waals surface area contributed by atoms with Crippen molar-refractivity contribution in [2.45, 2.75) is 29.6 Å². The normalized spacial score (nSPS) is 19.2. The van der Waals surface area contributed by atoms with Crippen molar-refractivity contribution in [1.29, 1.82) is 0 Å². The molecule has 0 radical (unpaired) electrons. The monoisotopic (exact) mass is 277 g/mol. The molecule has 18 heavy (non-hydrogen) atoms. The van der Waals surface area contributed by atoms with Crippen LogP contribution >= 0.6 is 23.1 Å². The minimum atomic E-state index is 0.322. The van der Waals surface area contributed by atoms with Crippen molar-refractivity contribution >= 4 is 23.1 Å². The van der Waals surface area contributed by atoms with Crippen molar-refractivity contribution in [1.82, 2.24) is 4.98 Å². The smallest absolute Gasteiger partial charge is 0.0825 e. The summed E-state index contributed by atoms with van der Waals surface area (Å²) in [4.78, 5) is 5.59. The van der Waals surface area contributed by atoms with Gasteiger partial charge in [0, 0.05) is 22.6 Å². The zero-order valence-electron chi connectivity index (χ0n) is 10.0. The Kier molecular flexibility index (Phi) is 3.98. The Balaban J connectivity index is 1.60. The van der Waals surface area contributed by atoms with Crippen molar-refractivity contribution in [2.75, 3.05) is 6.61 Å². The molecule has 1 fully saturated rings. The lowest BCUT2D eigenvalue weighted by molar-refractivity contribution is 0.112. The summed E-state index contributed by atoms with van der Waals surface area (Å²) in [5, 5.41) is 2.10. The summed E-state index contributed by atoms with van der Waals surface area (Å²) in [5.74, 6) is 0.947. The molecule has 0 aliphatic carbocycles. The molecule has 0 saturated carbocycles. The first kappa shape index (κ1) is 12.2. The highest BCUT2D eigenvalue weighted by Crippen LogP contribution is 2.30. The van der Waals surface area contributed by atoms with Gasteiger partial charge in [-0.05, 0) is 30.5 Å². The molecule has 94 valence electrons. The predicted molar refractivity (Wildman–Crippen MR) is 76.0 cm³/mol. The van der Waals surface area contributed by atoms with Gasteiger partial charge in [0.2, 0.25) is 0 Å². The number of thiazole rings is 1. The molecule has 2 nitrogen and oxygen atoms in total. The second kappa shape index (κ2) is 5.87. The summed E-state index contributed by atoms with van der Waals surface area (Å²) >= 11 is 3.49. The fourth-order valence-electron chi connectivity index (χ4n) is 2.09. The van der Waals surface area contributed by atoms with Gasteiger partial charge in [-0.1, -0.05) is 12.1 Å². The third-order valence-corrected chi connectivity index (χ3v) is 4.73. The molecule has 3 rings (SSSR count). The van der Waals surface area contributed by atoms with Gasteiger partial charge in [0.25, 0.3) is 0 Å². The number of ether oxygens (including phenoxy) is 1. The van der Waals surface area contributed by atoms with E-state index in [4.69, 9.17) is 4.74 Å². The van der Waals surface area contributed by atoms with E-state index in [1.54, 1.807) is 11.3 Å². The zero-order valence-corrected chi connectivity index (χ0v) is 11.7. The lowest BCUT2D eigenvalue weighted by Gasteiger charge is -2.10. The minimum absolute atomic E-state index is 0.322. The van der Waals surface area contributed by atoms with Gasteiger partial charge in [0.15, 0.2) is 0 Å². The van der Waals surface area contributed by atoms with Crippen LogP contribution in [0.4, 0.5) is 0 Å². The molecule has 2 heterocycles. The maximum atomic E-state index is 5.68. The maximum absolute atomic E-state index is 5.68. The Morgan fingerprint density at radius 3 is 2.89 bits per heavy atom. The van der Waals surface area contributed by atoms with Gasteiger partial charge in [-0.3, -0.25) is 0 Å². The number of hydrogen-bond acceptors (Lipinski definition) is 4. The molecule has 0 spiro atoms. The highest BCUT2D eigenvalue weighted by molar-refractivity contribution is 7.98. The molecular weight excluding hydrogens is 262 g/mol. The molecule has 0 unspecified atom stereocenters. The van der Waals surface area contributed by atoms with Crippen LogP contribution in [-0.2, 0) is 10.5 Å². The van der Waals surface area contributed by atoms with Crippen LogP contribution in [0, 0.1) is 0 Å². The third-order valence-electron chi connectivity index (χ3n) is 3.05. The lowest BCUT2D eigenvalue weighted by atomic mass is 10.1. The number of rotatable bonds is 4. The summed E-state index contributed by atoms with van der Waals surface area (Å²) in [6.07, 6.45) is 2.67. The Labute approximate surface area is 115 Å². The van der Waals surface area contributed by atoms with Gasteiger partial charge in [-0.2, -0.15) is 0 Å². The van der Waals surface area contributed by atoms with Crippen LogP contribution in [0.2, 0.25) is 0 Å². The van der Waals surface area contributed by atoms with Crippen LogP contribution in [-0.4, -0.2) is 11.6 Å². The number of nitrogens with zero attached hydrogens (tertiary/aromatic N) is 1. The van der Waals surface area contributed by atoms with Crippen LogP contribution in [0.25, 0.3) is 0 Å². The Morgan fingerprint density at radius 1 is 1.33 bits per heavy atom. The standard InChI is InChI=1S/C14H15NOS2/c1-2-14(16-7-1)11-3-5-13(6-4-11)18-9-12-8-17-10-15-12/h3-6,8,10,14H,1-2,7,9H2/t14-/m1/s1. The van der Waals surface area contributed by atoms with Crippen molar-refractivity contribution in [3.05, 3.63) is 46.4 Å². The molecule has 1 aromatic heterocycles. The zero-order chi connectivity index (χ0) is 12.2. The van der Waals surface area contributed by atoms with Gasteiger partial charge < -0.3 is 4.74 Å². The fraction of sp³-hybridized carbons (Fsp3) is 0.357. The summed E-state index contributed by atoms with van der Waals surface area (Å²) in [7, 11) is 0. The summed E-state index contributed by atoms with van der Waals surface area (Å²) in [6.45, 7) is 0.908. The van der Waals surface area contributed by atoms with E-state index in [1.807, 2.05) is 17.3 Å². The first-order valence-corrected chi connectivity index (χ1v) is 8.06. The largest absolute Gasteiger partial charge is 0.374 e. The summed E-state index contributed by atoms with van der Waals surface area (Å²) in [5.41, 5.74) is 4.36. The summed E-state index contributed by atoms with van der Waals surface area (Å²) < 4.78 is 5.68. The number of hydrogen-bond donors (Lipinski definition) is 0.